The van der Waals surface area contributed by atoms with Gasteiger partial charge < -0.3 is 57.2 Å². The van der Waals surface area contributed by atoms with Gasteiger partial charge in [0.15, 0.2) is 9.84 Å². The van der Waals surface area contributed by atoms with Crippen LogP contribution < -0.4 is 26.6 Å². The fourth-order valence-electron chi connectivity index (χ4n) is 3.45. The molecule has 2 rings (SSSR count). The third-order valence-electron chi connectivity index (χ3n) is 5.81. The van der Waals surface area contributed by atoms with Gasteiger partial charge in [0, 0.05) is 13.7 Å². The first kappa shape index (κ1) is 43.1. The Bertz CT molecular complexity index is 1560. The lowest BCUT2D eigenvalue weighted by atomic mass is 10.1. The van der Waals surface area contributed by atoms with Crippen LogP contribution in [0.4, 0.5) is 11.4 Å². The number of carbonyl (C=O) groups excluding carboxylic acids is 5. The van der Waals surface area contributed by atoms with Crippen molar-refractivity contribution in [2.45, 2.75) is 15.9 Å². The van der Waals surface area contributed by atoms with E-state index in [2.05, 4.69) is 21.3 Å². The summed E-state index contributed by atoms with van der Waals surface area (Å²) in [5.41, 5.74) is 0.277. The van der Waals surface area contributed by atoms with E-state index in [0.29, 0.717) is 7.14 Å². The number of amides is 5. The summed E-state index contributed by atoms with van der Waals surface area (Å²) in [6.07, 6.45) is -3.06. The molecule has 3 atom stereocenters. The zero-order chi connectivity index (χ0) is 35.8. The Morgan fingerprint density at radius 1 is 0.723 bits per heavy atom. The molecule has 3 unspecified atom stereocenters. The van der Waals surface area contributed by atoms with E-state index in [-0.39, 0.29) is 45.3 Å². The van der Waals surface area contributed by atoms with Gasteiger partial charge in [-0.3, -0.25) is 24.0 Å². The Balaban J connectivity index is 2.56. The number of benzene rings is 2. The normalized spacial score (nSPS) is 13.5. The summed E-state index contributed by atoms with van der Waals surface area (Å²) in [4.78, 5) is 63.9. The highest BCUT2D eigenvalue weighted by atomic mass is 127. The minimum Gasteiger partial charge on any atom is -0.394 e. The molecule has 11 N–H and O–H groups in total. The molecule has 0 bridgehead atoms. The Morgan fingerprint density at radius 3 is 1.83 bits per heavy atom. The summed E-state index contributed by atoms with van der Waals surface area (Å²) >= 11 is 10.5. The van der Waals surface area contributed by atoms with Crippen molar-refractivity contribution in [3.05, 3.63) is 46.7 Å². The van der Waals surface area contributed by atoms with Crippen molar-refractivity contribution in [1.82, 2.24) is 16.0 Å². The summed E-state index contributed by atoms with van der Waals surface area (Å²) in [5.74, 6) is -3.95. The maximum Gasteiger partial charge on any atom is 0.257 e. The molecule has 47 heavy (non-hydrogen) atoms. The maximum absolute atomic E-state index is 13.8. The molecule has 0 spiro atoms. The molecule has 2 aromatic rings. The van der Waals surface area contributed by atoms with Gasteiger partial charge in [-0.15, -0.1) is 0 Å². The van der Waals surface area contributed by atoms with E-state index in [1.54, 1.807) is 79.9 Å². The molecule has 0 saturated carbocycles. The van der Waals surface area contributed by atoms with Gasteiger partial charge in [0.05, 0.1) is 58.0 Å². The maximum atomic E-state index is 13.8. The molecule has 0 heterocycles. The predicted octanol–water partition coefficient (Wildman–Crippen LogP) is 0.256. The lowest BCUT2D eigenvalue weighted by molar-refractivity contribution is -0.130. The van der Waals surface area contributed by atoms with Gasteiger partial charge in [-0.2, -0.15) is 0 Å². The van der Waals surface area contributed by atoms with Gasteiger partial charge in [0.2, 0.25) is 11.8 Å². The van der Waals surface area contributed by atoms with E-state index >= 15 is 0 Å². The van der Waals surface area contributed by atoms with Crippen LogP contribution in [0.3, 0.4) is 0 Å². The number of hydrogen-bond acceptors (Lipinski definition) is 11. The standard InChI is InChI=1S/C25H25I6N5O11/c26-9-1-2-10(16(27)13(9)21(43)32-3-8(40)4-37)34-23(45)15-17(28)14(18(29)20(19(15)30)35-11(41)5-38)22(44)33-7-25(31,47)24(46)36-12(42)6-39/h1-2,8,24,37-40,46-47H,3-7H2,(H,32,43)(H,33,44)(H,34,45)(H,35,41)(H,36,42). The van der Waals surface area contributed by atoms with Crippen molar-refractivity contribution in [3.63, 3.8) is 0 Å². The molecular weight excluding hydrogens is 1310 g/mol. The van der Waals surface area contributed by atoms with Gasteiger partial charge in [-0.25, -0.2) is 0 Å². The number of hydrogen-bond donors (Lipinski definition) is 11. The highest BCUT2D eigenvalue weighted by Gasteiger charge is 2.36. The number of aliphatic hydroxyl groups excluding tert-OH is 5. The molecule has 0 saturated heterocycles. The Hall–Kier alpha value is -0.0700. The largest absolute Gasteiger partial charge is 0.394 e. The van der Waals surface area contributed by atoms with Crippen molar-refractivity contribution in [1.29, 1.82) is 0 Å². The summed E-state index contributed by atoms with van der Waals surface area (Å²) in [5, 5.41) is 69.8. The Labute approximate surface area is 348 Å². The van der Waals surface area contributed by atoms with Gasteiger partial charge in [-0.1, -0.05) is 0 Å². The minimum absolute atomic E-state index is 0.0285. The molecular formula is C25H25I6N5O11. The van der Waals surface area contributed by atoms with Crippen LogP contribution in [-0.2, 0) is 9.59 Å². The summed E-state index contributed by atoms with van der Waals surface area (Å²) in [6, 6.07) is 3.13. The highest BCUT2D eigenvalue weighted by Crippen LogP contribution is 2.37. The monoisotopic (exact) mass is 1330 g/mol. The van der Waals surface area contributed by atoms with E-state index in [1.807, 2.05) is 50.5 Å². The zero-order valence-corrected chi connectivity index (χ0v) is 36.3. The summed E-state index contributed by atoms with van der Waals surface area (Å²) < 4.78 is -0.759. The second kappa shape index (κ2) is 19.5. The van der Waals surface area contributed by atoms with Crippen LogP contribution in [0.5, 0.6) is 0 Å². The Morgan fingerprint density at radius 2 is 1.28 bits per heavy atom. The van der Waals surface area contributed by atoms with Gasteiger partial charge in [0.1, 0.15) is 13.2 Å². The lowest BCUT2D eigenvalue weighted by Gasteiger charge is -2.28. The molecule has 5 amide bonds. The van der Waals surface area contributed by atoms with Crippen LogP contribution in [0.1, 0.15) is 31.1 Å². The van der Waals surface area contributed by atoms with Gasteiger partial charge >= 0.3 is 0 Å². The van der Waals surface area contributed by atoms with Crippen LogP contribution in [0.25, 0.3) is 0 Å². The lowest BCUT2D eigenvalue weighted by Crippen LogP contribution is -2.55. The van der Waals surface area contributed by atoms with E-state index in [9.17, 15) is 44.4 Å². The van der Waals surface area contributed by atoms with E-state index in [1.165, 1.54) is 22.6 Å². The highest BCUT2D eigenvalue weighted by molar-refractivity contribution is 14.1. The van der Waals surface area contributed by atoms with E-state index in [0.717, 1.165) is 0 Å². The summed E-state index contributed by atoms with van der Waals surface area (Å²) in [7, 11) is 0. The van der Waals surface area contributed by atoms with Crippen LogP contribution >= 0.6 is 136 Å². The quantitative estimate of drug-likeness (QED) is 0.0695. The summed E-state index contributed by atoms with van der Waals surface area (Å²) in [6.45, 7) is -3.23. The van der Waals surface area contributed by atoms with Gasteiger partial charge in [-0.05, 0) is 148 Å². The molecule has 0 aliphatic heterocycles. The number of rotatable bonds is 14. The van der Waals surface area contributed by atoms with Crippen LogP contribution in [0, 0.1) is 17.9 Å². The van der Waals surface area contributed by atoms with Crippen molar-refractivity contribution >= 4 is 176 Å². The molecule has 16 nitrogen and oxygen atoms in total. The average molecular weight is 1330 g/mol. The molecule has 0 aromatic heterocycles. The molecule has 0 aliphatic carbocycles. The Kier molecular flexibility index (Phi) is 17.9. The molecule has 0 fully saturated rings. The first-order valence-corrected chi connectivity index (χ1v) is 19.1. The number of carbonyl (C=O) groups is 5. The second-order valence-electron chi connectivity index (χ2n) is 9.19. The topological polar surface area (TPSA) is 267 Å². The van der Waals surface area contributed by atoms with Crippen LogP contribution in [0.15, 0.2) is 12.1 Å². The molecule has 0 aliphatic rings. The minimum atomic E-state index is -2.13. The van der Waals surface area contributed by atoms with Crippen molar-refractivity contribution in [2.75, 3.05) is 43.5 Å². The second-order valence-corrected chi connectivity index (χ2v) is 16.5. The number of aliphatic hydroxyl groups is 6. The van der Waals surface area contributed by atoms with Crippen LogP contribution in [0.2, 0.25) is 0 Å². The third-order valence-corrected chi connectivity index (χ3v) is 12.0. The van der Waals surface area contributed by atoms with Crippen molar-refractivity contribution in [2.24, 2.45) is 0 Å². The fourth-order valence-corrected chi connectivity index (χ4v) is 10.3. The molecule has 0 radical (unpaired) electrons. The van der Waals surface area contributed by atoms with Crippen molar-refractivity contribution in [3.8, 4) is 0 Å². The predicted molar refractivity (Wildman–Crippen MR) is 218 cm³/mol. The molecule has 2 aromatic carbocycles. The number of nitrogens with one attached hydrogen (secondary N) is 5. The SMILES string of the molecule is O=C(CO)Nc1c(I)c(C(=O)NCC(O)(I)C(O)NC(=O)CO)c(I)c(C(=O)Nc2ccc(I)c(C(=O)NCC(O)CO)c2I)c1I. The number of anilines is 2. The average Bonchev–Trinajstić information content (AvgIpc) is 3.01. The number of halogens is 6. The molecule has 22 heteroatoms. The van der Waals surface area contributed by atoms with E-state index in [4.69, 9.17) is 10.2 Å². The smallest absolute Gasteiger partial charge is 0.257 e. The first-order chi connectivity index (χ1) is 21.9. The zero-order valence-electron chi connectivity index (χ0n) is 23.3. The third kappa shape index (κ3) is 11.5. The van der Waals surface area contributed by atoms with E-state index < -0.39 is 71.8 Å². The van der Waals surface area contributed by atoms with Gasteiger partial charge in [0.25, 0.3) is 17.7 Å². The first-order valence-electron chi connectivity index (χ1n) is 12.7. The van der Waals surface area contributed by atoms with Crippen LogP contribution in [-0.4, -0.2) is 109 Å². The molecule has 258 valence electrons. The fraction of sp³-hybridized carbons (Fsp3) is 0.320. The van der Waals surface area contributed by atoms with Crippen molar-refractivity contribution < 1.29 is 54.6 Å². The number of alkyl halides is 1.